The molecule has 9 aromatic rings. The molecule has 0 fully saturated rings. The van der Waals surface area contributed by atoms with Gasteiger partial charge in [0.25, 0.3) is 0 Å². The number of amidine groups is 1. The van der Waals surface area contributed by atoms with Crippen molar-refractivity contribution >= 4 is 62.4 Å². The third-order valence-electron chi connectivity index (χ3n) is 11.9. The predicted octanol–water partition coefficient (Wildman–Crippen LogP) is 12.4. The molecule has 3 aliphatic heterocycles. The smallest absolute Gasteiger partial charge is 0.211 e. The molecular weight excluding hydrogens is 727 g/mol. The molecule has 1 N–H and O–H groups in total. The molecule has 3 aliphatic rings. The van der Waals surface area contributed by atoms with Crippen LogP contribution in [0, 0.1) is 0 Å². The minimum absolute atomic E-state index is 0.409. The van der Waals surface area contributed by atoms with Crippen molar-refractivity contribution < 1.29 is 0 Å². The lowest BCUT2D eigenvalue weighted by molar-refractivity contribution is 0.693. The van der Waals surface area contributed by atoms with Crippen molar-refractivity contribution in [2.45, 2.75) is 21.4 Å². The Morgan fingerprint density at radius 1 is 0.483 bits per heavy atom. The number of aromatic nitrogens is 1. The van der Waals surface area contributed by atoms with Gasteiger partial charge in [-0.15, -0.1) is 0 Å². The summed E-state index contributed by atoms with van der Waals surface area (Å²) in [6.45, 7) is 0. The van der Waals surface area contributed by atoms with Gasteiger partial charge in [0.15, 0.2) is 6.17 Å². The number of anilines is 3. The fourth-order valence-corrected chi connectivity index (χ4v) is 10.7. The summed E-state index contributed by atoms with van der Waals surface area (Å²) in [7, 11) is 0. The van der Waals surface area contributed by atoms with Crippen molar-refractivity contribution in [1.29, 1.82) is 0 Å². The number of rotatable bonds is 3. The highest BCUT2D eigenvalue weighted by Gasteiger charge is 2.50. The number of aliphatic imine (C=N–C) groups is 2. The summed E-state index contributed by atoms with van der Waals surface area (Å²) in [5.74, 6) is 1.54. The molecule has 4 heterocycles. The first-order valence-electron chi connectivity index (χ1n) is 19.7. The van der Waals surface area contributed by atoms with Gasteiger partial charge in [-0.1, -0.05) is 163 Å². The molecule has 0 aliphatic carbocycles. The molecule has 1 atom stereocenters. The van der Waals surface area contributed by atoms with Crippen LogP contribution in [-0.4, -0.2) is 16.4 Å². The van der Waals surface area contributed by atoms with Gasteiger partial charge in [0.05, 0.1) is 27.8 Å². The fourth-order valence-electron chi connectivity index (χ4n) is 9.48. The van der Waals surface area contributed by atoms with Gasteiger partial charge in [-0.25, -0.2) is 9.98 Å². The van der Waals surface area contributed by atoms with Crippen LogP contribution in [-0.2, 0) is 5.41 Å². The summed E-state index contributed by atoms with van der Waals surface area (Å²) in [6.07, 6.45) is -0.409. The van der Waals surface area contributed by atoms with Gasteiger partial charge in [0.2, 0.25) is 5.96 Å². The highest BCUT2D eigenvalue weighted by atomic mass is 32.2. The van der Waals surface area contributed by atoms with Crippen LogP contribution in [0.3, 0.4) is 0 Å². The van der Waals surface area contributed by atoms with E-state index in [9.17, 15) is 0 Å². The van der Waals surface area contributed by atoms with E-state index in [1.165, 1.54) is 54.2 Å². The fraction of sp³-hybridized carbons (Fsp3) is 0.0385. The van der Waals surface area contributed by atoms with Gasteiger partial charge in [0.1, 0.15) is 5.84 Å². The highest BCUT2D eigenvalue weighted by molar-refractivity contribution is 7.99. The average Bonchev–Trinajstić information content (AvgIpc) is 3.62. The maximum absolute atomic E-state index is 5.37. The summed E-state index contributed by atoms with van der Waals surface area (Å²) in [4.78, 5) is 15.4. The lowest BCUT2D eigenvalue weighted by atomic mass is 9.62. The van der Waals surface area contributed by atoms with E-state index < -0.39 is 11.6 Å². The van der Waals surface area contributed by atoms with E-state index in [0.29, 0.717) is 0 Å². The molecule has 1 spiro atoms. The normalized spacial score (nSPS) is 16.1. The number of para-hydroxylation sites is 4. The molecule has 0 radical (unpaired) electrons. The third-order valence-corrected chi connectivity index (χ3v) is 13.0. The van der Waals surface area contributed by atoms with E-state index in [1.807, 2.05) is 23.9 Å². The summed E-state index contributed by atoms with van der Waals surface area (Å²) in [5, 5.41) is 6.06. The molecule has 0 bridgehead atoms. The van der Waals surface area contributed by atoms with E-state index in [4.69, 9.17) is 9.98 Å². The Kier molecular flexibility index (Phi) is 7.37. The predicted molar refractivity (Wildman–Crippen MR) is 238 cm³/mol. The largest absolute Gasteiger partial charge is 0.310 e. The minimum Gasteiger partial charge on any atom is -0.310 e. The average molecular weight is 762 g/mol. The zero-order chi connectivity index (χ0) is 38.2. The summed E-state index contributed by atoms with van der Waals surface area (Å²) in [6, 6.07) is 72.2. The van der Waals surface area contributed by atoms with Crippen molar-refractivity contribution in [2.24, 2.45) is 9.98 Å². The Labute approximate surface area is 340 Å². The second-order valence-corrected chi connectivity index (χ2v) is 16.1. The Morgan fingerprint density at radius 2 is 1.09 bits per heavy atom. The Hall–Kier alpha value is -7.15. The van der Waals surface area contributed by atoms with Gasteiger partial charge in [0, 0.05) is 31.8 Å². The third kappa shape index (κ3) is 4.79. The zero-order valence-electron chi connectivity index (χ0n) is 31.3. The van der Waals surface area contributed by atoms with E-state index in [1.54, 1.807) is 0 Å². The first-order chi connectivity index (χ1) is 28.8. The Balaban J connectivity index is 1.15. The quantitative estimate of drug-likeness (QED) is 0.195. The highest BCUT2D eigenvalue weighted by Crippen LogP contribution is 2.63. The number of hydrogen-bond acceptors (Lipinski definition) is 5. The van der Waals surface area contributed by atoms with Crippen molar-refractivity contribution in [2.75, 3.05) is 4.90 Å². The number of fused-ring (bicyclic) bond motifs is 11. The standard InChI is InChI=1S/C52H35N5S/c1-4-18-34(19-5-1)49-53-50(35-20-6-2-7-21-35)55-51(54-49)57-43-28-14-10-24-37(43)38-32-42-48(33-46(38)57)58-47-31-17-13-27-41(47)52(42)39-25-11-15-29-44(39)56(36-22-8-3-9-23-36)45-30-16-12-26-40(45)52/h1-33,49H,(H,53,54,55). The van der Waals surface area contributed by atoms with Crippen molar-refractivity contribution in [1.82, 2.24) is 9.88 Å². The minimum atomic E-state index is -0.584. The molecule has 1 unspecified atom stereocenters. The number of benzene rings is 8. The summed E-state index contributed by atoms with van der Waals surface area (Å²) < 4.78 is 2.31. The van der Waals surface area contributed by atoms with Crippen molar-refractivity contribution in [3.8, 4) is 0 Å². The van der Waals surface area contributed by atoms with Gasteiger partial charge in [-0.3, -0.25) is 4.57 Å². The molecule has 0 saturated carbocycles. The van der Waals surface area contributed by atoms with Crippen LogP contribution in [0.5, 0.6) is 0 Å². The van der Waals surface area contributed by atoms with E-state index >= 15 is 0 Å². The summed E-state index contributed by atoms with van der Waals surface area (Å²) >= 11 is 1.86. The van der Waals surface area contributed by atoms with Crippen LogP contribution >= 0.6 is 11.8 Å². The molecule has 12 rings (SSSR count). The molecule has 274 valence electrons. The Morgan fingerprint density at radius 3 is 1.83 bits per heavy atom. The topological polar surface area (TPSA) is 44.9 Å². The monoisotopic (exact) mass is 761 g/mol. The zero-order valence-corrected chi connectivity index (χ0v) is 32.1. The first-order valence-corrected chi connectivity index (χ1v) is 20.5. The van der Waals surface area contributed by atoms with Crippen LogP contribution in [0.4, 0.5) is 17.1 Å². The van der Waals surface area contributed by atoms with Crippen LogP contribution in [0.15, 0.2) is 220 Å². The molecule has 1 aromatic heterocycles. The molecular formula is C52H35N5S. The second-order valence-electron chi connectivity index (χ2n) is 15.0. The van der Waals surface area contributed by atoms with Crippen LogP contribution < -0.4 is 10.2 Å². The van der Waals surface area contributed by atoms with Crippen molar-refractivity contribution in [3.63, 3.8) is 0 Å². The van der Waals surface area contributed by atoms with Crippen LogP contribution in [0.2, 0.25) is 0 Å². The summed E-state index contributed by atoms with van der Waals surface area (Å²) in [5.41, 5.74) is 12.3. The Bertz CT molecular complexity index is 3090. The van der Waals surface area contributed by atoms with Crippen LogP contribution in [0.25, 0.3) is 21.8 Å². The number of nitrogens with one attached hydrogen (secondary N) is 1. The van der Waals surface area contributed by atoms with Crippen LogP contribution in [0.1, 0.15) is 39.5 Å². The maximum Gasteiger partial charge on any atom is 0.211 e. The van der Waals surface area contributed by atoms with E-state index in [-0.39, 0.29) is 0 Å². The number of nitrogens with zero attached hydrogens (tertiary/aromatic N) is 4. The maximum atomic E-state index is 5.37. The lowest BCUT2D eigenvalue weighted by Gasteiger charge is -2.49. The molecule has 8 aromatic carbocycles. The molecule has 5 nitrogen and oxygen atoms in total. The SMILES string of the molecule is c1ccc(C2=NC(c3ccccc3)N=C(n3c4ccccc4c4cc5c(cc43)Sc3ccccc3C53c4ccccc4N(c4ccccc4)c4ccccc43)N2)cc1. The van der Waals surface area contributed by atoms with E-state index in [2.05, 4.69) is 203 Å². The van der Waals surface area contributed by atoms with Gasteiger partial charge in [-0.2, -0.15) is 0 Å². The lowest BCUT2D eigenvalue weighted by Crippen LogP contribution is -2.40. The molecule has 58 heavy (non-hydrogen) atoms. The van der Waals surface area contributed by atoms with Gasteiger partial charge >= 0.3 is 0 Å². The van der Waals surface area contributed by atoms with Gasteiger partial charge < -0.3 is 10.2 Å². The molecule has 0 amide bonds. The molecule has 0 saturated heterocycles. The van der Waals surface area contributed by atoms with E-state index in [0.717, 1.165) is 39.6 Å². The molecule has 6 heteroatoms. The number of hydrogen-bond donors (Lipinski definition) is 1. The van der Waals surface area contributed by atoms with Gasteiger partial charge in [-0.05, 0) is 76.3 Å². The second kappa shape index (κ2) is 12.9. The van der Waals surface area contributed by atoms with Crippen molar-refractivity contribution in [3.05, 3.63) is 234 Å². The first kappa shape index (κ1) is 33.0.